The maximum atomic E-state index is 12.1. The molecule has 1 N–H and O–H groups in total. The number of rotatable bonds is 9. The van der Waals surface area contributed by atoms with Crippen LogP contribution in [0.2, 0.25) is 0 Å². The predicted octanol–water partition coefficient (Wildman–Crippen LogP) is -0.756. The van der Waals surface area contributed by atoms with E-state index in [1.54, 1.807) is 0 Å². The van der Waals surface area contributed by atoms with Gasteiger partial charge in [-0.2, -0.15) is 0 Å². The van der Waals surface area contributed by atoms with Gasteiger partial charge in [0.1, 0.15) is 12.6 Å². The first-order valence-electron chi connectivity index (χ1n) is 8.50. The smallest absolute Gasteiger partial charge is 0.307 e. The summed E-state index contributed by atoms with van der Waals surface area (Å²) in [5.41, 5.74) is 2.23. The molecule has 0 unspecified atom stereocenters. The van der Waals surface area contributed by atoms with Crippen LogP contribution in [-0.4, -0.2) is 72.7 Å². The van der Waals surface area contributed by atoms with Crippen LogP contribution in [0, 0.1) is 0 Å². The van der Waals surface area contributed by atoms with E-state index in [1.165, 1.54) is 0 Å². The topological polar surface area (TPSA) is 155 Å². The van der Waals surface area contributed by atoms with Gasteiger partial charge in [-0.1, -0.05) is 0 Å². The Morgan fingerprint density at radius 3 is 1.79 bits per heavy atom. The summed E-state index contributed by atoms with van der Waals surface area (Å²) in [6.45, 7) is 4.91. The van der Waals surface area contributed by atoms with E-state index in [9.17, 15) is 28.8 Å². The zero-order valence-corrected chi connectivity index (χ0v) is 17.2. The number of amides is 2. The molecule has 0 aliphatic rings. The molecular formula is C17H26N2O10. The van der Waals surface area contributed by atoms with E-state index in [4.69, 9.17) is 14.2 Å². The van der Waals surface area contributed by atoms with Crippen molar-refractivity contribution < 1.29 is 47.7 Å². The van der Waals surface area contributed by atoms with Gasteiger partial charge < -0.3 is 18.9 Å². The zero-order chi connectivity index (χ0) is 22.7. The molecule has 164 valence electrons. The second-order valence-corrected chi connectivity index (χ2v) is 5.93. The number of nitrogens with one attached hydrogen (secondary N) is 1. The molecule has 0 spiro atoms. The largest absolute Gasteiger partial charge is 0.469 e. The lowest BCUT2D eigenvalue weighted by Crippen LogP contribution is -2.60. The molecular weight excluding hydrogens is 392 g/mol. The van der Waals surface area contributed by atoms with Crippen molar-refractivity contribution in [2.24, 2.45) is 0 Å². The van der Waals surface area contributed by atoms with Gasteiger partial charge in [0.2, 0.25) is 11.8 Å². The van der Waals surface area contributed by atoms with Crippen molar-refractivity contribution in [3.8, 4) is 0 Å². The van der Waals surface area contributed by atoms with E-state index in [1.807, 2.05) is 0 Å². The Balaban J connectivity index is 6.26. The van der Waals surface area contributed by atoms with E-state index in [0.717, 1.165) is 46.7 Å². The van der Waals surface area contributed by atoms with Crippen LogP contribution in [0.1, 0.15) is 41.0 Å². The highest BCUT2D eigenvalue weighted by Gasteiger charge is 2.42. The molecule has 29 heavy (non-hydrogen) atoms. The lowest BCUT2D eigenvalue weighted by Gasteiger charge is -2.37. The summed E-state index contributed by atoms with van der Waals surface area (Å²) in [5.74, 6) is -4.52. The minimum atomic E-state index is -1.48. The fourth-order valence-electron chi connectivity index (χ4n) is 2.38. The quantitative estimate of drug-likeness (QED) is 0.287. The van der Waals surface area contributed by atoms with Gasteiger partial charge in [-0.3, -0.25) is 34.2 Å². The molecule has 0 fully saturated rings. The first kappa shape index (κ1) is 25.8. The second-order valence-electron chi connectivity index (χ2n) is 5.93. The monoisotopic (exact) mass is 418 g/mol. The van der Waals surface area contributed by atoms with E-state index in [0.29, 0.717) is 0 Å². The maximum absolute atomic E-state index is 12.1. The number of ether oxygens (including phenoxy) is 4. The second kappa shape index (κ2) is 12.3. The zero-order valence-electron chi connectivity index (χ0n) is 17.2. The van der Waals surface area contributed by atoms with Gasteiger partial charge in [0.15, 0.2) is 12.2 Å². The Kier molecular flexibility index (Phi) is 11.0. The normalized spacial score (nSPS) is 13.2. The van der Waals surface area contributed by atoms with Crippen molar-refractivity contribution in [1.82, 2.24) is 10.4 Å². The average Bonchev–Trinajstić information content (AvgIpc) is 2.58. The van der Waals surface area contributed by atoms with Gasteiger partial charge in [0.25, 0.3) is 0 Å². The maximum Gasteiger partial charge on any atom is 0.307 e. The van der Waals surface area contributed by atoms with Gasteiger partial charge in [-0.05, 0) is 0 Å². The minimum Gasteiger partial charge on any atom is -0.469 e. The summed E-state index contributed by atoms with van der Waals surface area (Å²) in [7, 11) is 1.10. The number of hydrogen-bond acceptors (Lipinski definition) is 10. The molecule has 0 radical (unpaired) electrons. The highest BCUT2D eigenvalue weighted by molar-refractivity contribution is 5.80. The fourth-order valence-corrected chi connectivity index (χ4v) is 2.38. The number of esters is 4. The highest BCUT2D eigenvalue weighted by Crippen LogP contribution is 2.19. The summed E-state index contributed by atoms with van der Waals surface area (Å²) >= 11 is 0. The van der Waals surface area contributed by atoms with E-state index in [-0.39, 0.29) is 0 Å². The molecule has 0 heterocycles. The van der Waals surface area contributed by atoms with Crippen LogP contribution in [0.3, 0.4) is 0 Å². The molecule has 12 nitrogen and oxygen atoms in total. The summed E-state index contributed by atoms with van der Waals surface area (Å²) in [6.07, 6.45) is -3.40. The molecule has 0 saturated carbocycles. The number of hydrazine groups is 1. The van der Waals surface area contributed by atoms with Crippen molar-refractivity contribution in [1.29, 1.82) is 0 Å². The first-order chi connectivity index (χ1) is 13.4. The summed E-state index contributed by atoms with van der Waals surface area (Å²) < 4.78 is 19.8. The molecule has 0 rings (SSSR count). The third kappa shape index (κ3) is 10.1. The Labute approximate surface area is 167 Å². The lowest BCUT2D eigenvalue weighted by atomic mass is 10.0. The number of carbonyl (C=O) groups is 6. The van der Waals surface area contributed by atoms with Crippen LogP contribution >= 0.6 is 0 Å². The van der Waals surface area contributed by atoms with Crippen molar-refractivity contribution in [2.75, 3.05) is 13.7 Å². The SMILES string of the molecule is COC(=O)C[C@@H]([C@H](OC(C)=O)[C@@H](COC(C)=O)OC(C)=O)N(NC(C)=O)C(C)=O. The van der Waals surface area contributed by atoms with E-state index in [2.05, 4.69) is 10.2 Å². The summed E-state index contributed by atoms with van der Waals surface area (Å²) in [4.78, 5) is 70.0. The van der Waals surface area contributed by atoms with E-state index < -0.39 is 67.0 Å². The molecule has 3 atom stereocenters. The van der Waals surface area contributed by atoms with Crippen LogP contribution in [0.5, 0.6) is 0 Å². The number of methoxy groups -OCH3 is 1. The van der Waals surface area contributed by atoms with Crippen molar-refractivity contribution in [3.63, 3.8) is 0 Å². The van der Waals surface area contributed by atoms with Gasteiger partial charge in [0.05, 0.1) is 13.5 Å². The Morgan fingerprint density at radius 1 is 0.862 bits per heavy atom. The van der Waals surface area contributed by atoms with E-state index >= 15 is 0 Å². The van der Waals surface area contributed by atoms with Crippen molar-refractivity contribution in [3.05, 3.63) is 0 Å². The Bertz CT molecular complexity index is 648. The molecule has 2 amide bonds. The molecule has 12 heteroatoms. The molecule has 0 saturated heterocycles. The highest BCUT2D eigenvalue weighted by atomic mass is 16.6. The number of nitrogens with zero attached hydrogens (tertiary/aromatic N) is 1. The predicted molar refractivity (Wildman–Crippen MR) is 94.5 cm³/mol. The molecule has 0 aromatic rings. The lowest BCUT2D eigenvalue weighted by molar-refractivity contribution is -0.184. The fraction of sp³-hybridized carbons (Fsp3) is 0.647. The molecule has 0 aromatic carbocycles. The third-order valence-corrected chi connectivity index (χ3v) is 3.37. The summed E-state index contributed by atoms with van der Waals surface area (Å²) in [6, 6.07) is -1.34. The molecule has 0 aliphatic carbocycles. The third-order valence-electron chi connectivity index (χ3n) is 3.37. The standard InChI is InChI=1S/C17H26N2O10/c1-9(20)18-19(10(2)21)14(7-16(25)26-6)17(29-13(5)24)15(28-12(4)23)8-27-11(3)22/h14-15,17H,7-8H2,1-6H3,(H,18,20)/t14-,15+,17-/m0/s1. The number of carbonyl (C=O) groups excluding carboxylic acids is 6. The van der Waals surface area contributed by atoms with Crippen LogP contribution in [0.25, 0.3) is 0 Å². The van der Waals surface area contributed by atoms with Crippen molar-refractivity contribution in [2.45, 2.75) is 59.3 Å². The van der Waals surface area contributed by atoms with Gasteiger partial charge >= 0.3 is 23.9 Å². The van der Waals surface area contributed by atoms with Crippen LogP contribution < -0.4 is 5.43 Å². The van der Waals surface area contributed by atoms with Gasteiger partial charge in [-0.15, -0.1) is 0 Å². The van der Waals surface area contributed by atoms with Crippen LogP contribution in [-0.2, 0) is 47.7 Å². The molecule has 0 aromatic heterocycles. The van der Waals surface area contributed by atoms with Crippen LogP contribution in [0.4, 0.5) is 0 Å². The Hall–Kier alpha value is -3.18. The van der Waals surface area contributed by atoms with Gasteiger partial charge in [-0.25, -0.2) is 5.01 Å². The minimum absolute atomic E-state index is 0.531. The van der Waals surface area contributed by atoms with Gasteiger partial charge in [0, 0.05) is 34.6 Å². The van der Waals surface area contributed by atoms with Crippen molar-refractivity contribution >= 4 is 35.7 Å². The first-order valence-corrected chi connectivity index (χ1v) is 8.50. The molecule has 0 aliphatic heterocycles. The van der Waals surface area contributed by atoms with Crippen LogP contribution in [0.15, 0.2) is 0 Å². The average molecular weight is 418 g/mol. The molecule has 0 bridgehead atoms. The summed E-state index contributed by atoms with van der Waals surface area (Å²) in [5, 5.41) is 0.761. The Morgan fingerprint density at radius 2 is 1.41 bits per heavy atom. The number of hydrogen-bond donors (Lipinski definition) is 1.